The molecule has 0 bridgehead atoms. The van der Waals surface area contributed by atoms with Crippen LogP contribution in [-0.2, 0) is 12.8 Å². The molecular weight excluding hydrogens is 282 g/mol. The van der Waals surface area contributed by atoms with Gasteiger partial charge in [-0.3, -0.25) is 0 Å². The van der Waals surface area contributed by atoms with Crippen LogP contribution in [-0.4, -0.2) is 16.5 Å². The molecule has 1 aromatic carbocycles. The summed E-state index contributed by atoms with van der Waals surface area (Å²) in [7, 11) is 0. The molecule has 3 heteroatoms. The minimum absolute atomic E-state index is 0.372. The minimum Gasteiger partial charge on any atom is -0.346 e. The van der Waals surface area contributed by atoms with E-state index < -0.39 is 0 Å². The Bertz CT molecular complexity index is 843. The first kappa shape index (κ1) is 14.5. The number of hydrogen-bond acceptors (Lipinski definition) is 2. The smallest absolute Gasteiger partial charge is 0.137 e. The number of fused-ring (bicyclic) bond motifs is 1. The highest BCUT2D eigenvalue weighted by molar-refractivity contribution is 5.84. The van der Waals surface area contributed by atoms with E-state index in [4.69, 9.17) is 5.73 Å². The molecular formula is C20H23N3. The quantitative estimate of drug-likeness (QED) is 0.746. The van der Waals surface area contributed by atoms with Gasteiger partial charge in [0.15, 0.2) is 0 Å². The van der Waals surface area contributed by atoms with Crippen LogP contribution >= 0.6 is 0 Å². The van der Waals surface area contributed by atoms with E-state index in [1.165, 1.54) is 40.5 Å². The molecule has 0 atom stereocenters. The Balaban J connectivity index is 1.69. The Morgan fingerprint density at radius 1 is 1.22 bits per heavy atom. The predicted molar refractivity (Wildman–Crippen MR) is 95.3 cm³/mol. The summed E-state index contributed by atoms with van der Waals surface area (Å²) in [5, 5.41) is 1.23. The minimum atomic E-state index is 0.372. The van der Waals surface area contributed by atoms with Gasteiger partial charge in [-0.15, -0.1) is 0 Å². The lowest BCUT2D eigenvalue weighted by atomic mass is 9.94. The van der Waals surface area contributed by atoms with E-state index in [2.05, 4.69) is 53.4 Å². The molecule has 1 aliphatic rings. The van der Waals surface area contributed by atoms with Gasteiger partial charge in [0.1, 0.15) is 5.65 Å². The van der Waals surface area contributed by atoms with Crippen molar-refractivity contribution in [3.63, 3.8) is 0 Å². The fourth-order valence-electron chi connectivity index (χ4n) is 3.43. The molecule has 4 rings (SSSR count). The van der Waals surface area contributed by atoms with Gasteiger partial charge >= 0.3 is 0 Å². The van der Waals surface area contributed by atoms with Crippen molar-refractivity contribution in [1.29, 1.82) is 0 Å². The molecule has 2 aromatic heterocycles. The first-order valence-corrected chi connectivity index (χ1v) is 8.48. The van der Waals surface area contributed by atoms with Gasteiger partial charge in [-0.25, -0.2) is 4.98 Å². The molecule has 0 radical (unpaired) electrons. The van der Waals surface area contributed by atoms with Crippen LogP contribution in [0.4, 0.5) is 0 Å². The second-order valence-corrected chi connectivity index (χ2v) is 6.87. The average molecular weight is 305 g/mol. The number of nitrogens with one attached hydrogen (secondary N) is 1. The number of H-pyrrole nitrogens is 1. The summed E-state index contributed by atoms with van der Waals surface area (Å²) in [6, 6.07) is 11.1. The SMILES string of the molecule is CCc1c[nH]c2ncc(-c3cccc(CC4(CN)CC4)c3)cc12. The second kappa shape index (κ2) is 5.50. The number of aromatic nitrogens is 2. The Morgan fingerprint density at radius 2 is 2.09 bits per heavy atom. The Kier molecular flexibility index (Phi) is 3.46. The Hall–Kier alpha value is -2.13. The largest absolute Gasteiger partial charge is 0.346 e. The second-order valence-electron chi connectivity index (χ2n) is 6.87. The van der Waals surface area contributed by atoms with Crippen molar-refractivity contribution in [2.75, 3.05) is 6.54 Å². The normalized spacial score (nSPS) is 15.9. The molecule has 23 heavy (non-hydrogen) atoms. The molecule has 118 valence electrons. The molecule has 1 saturated carbocycles. The van der Waals surface area contributed by atoms with E-state index in [0.29, 0.717) is 5.41 Å². The number of benzene rings is 1. The van der Waals surface area contributed by atoms with Gasteiger partial charge in [0.2, 0.25) is 0 Å². The highest BCUT2D eigenvalue weighted by Crippen LogP contribution is 2.47. The van der Waals surface area contributed by atoms with Crippen LogP contribution in [0.5, 0.6) is 0 Å². The molecule has 3 N–H and O–H groups in total. The third kappa shape index (κ3) is 2.66. The number of hydrogen-bond donors (Lipinski definition) is 2. The molecule has 0 spiro atoms. The number of aromatic amines is 1. The summed E-state index contributed by atoms with van der Waals surface area (Å²) in [4.78, 5) is 7.83. The lowest BCUT2D eigenvalue weighted by molar-refractivity contribution is 0.521. The molecule has 3 nitrogen and oxygen atoms in total. The van der Waals surface area contributed by atoms with Crippen molar-refractivity contribution in [1.82, 2.24) is 9.97 Å². The molecule has 3 aromatic rings. The summed E-state index contributed by atoms with van der Waals surface area (Å²) >= 11 is 0. The first-order valence-electron chi connectivity index (χ1n) is 8.48. The maximum atomic E-state index is 5.93. The molecule has 0 unspecified atom stereocenters. The Morgan fingerprint density at radius 3 is 2.83 bits per heavy atom. The van der Waals surface area contributed by atoms with Crippen LogP contribution < -0.4 is 5.73 Å². The van der Waals surface area contributed by atoms with Gasteiger partial charge < -0.3 is 10.7 Å². The van der Waals surface area contributed by atoms with E-state index in [1.807, 2.05) is 6.20 Å². The number of rotatable bonds is 5. The van der Waals surface area contributed by atoms with Crippen molar-refractivity contribution in [2.45, 2.75) is 32.6 Å². The van der Waals surface area contributed by atoms with E-state index >= 15 is 0 Å². The predicted octanol–water partition coefficient (Wildman–Crippen LogP) is 4.07. The Labute approximate surface area is 136 Å². The monoisotopic (exact) mass is 305 g/mol. The van der Waals surface area contributed by atoms with Crippen molar-refractivity contribution in [3.05, 3.63) is 53.9 Å². The summed E-state index contributed by atoms with van der Waals surface area (Å²) in [5.74, 6) is 0. The summed E-state index contributed by atoms with van der Waals surface area (Å²) in [6.07, 6.45) is 8.68. The van der Waals surface area contributed by atoms with Gasteiger partial charge in [0.25, 0.3) is 0 Å². The lowest BCUT2D eigenvalue weighted by Crippen LogP contribution is -2.17. The molecule has 2 heterocycles. The zero-order valence-electron chi connectivity index (χ0n) is 13.6. The average Bonchev–Trinajstić information content (AvgIpc) is 3.24. The van der Waals surface area contributed by atoms with Crippen molar-refractivity contribution < 1.29 is 0 Å². The van der Waals surface area contributed by atoms with Crippen LogP contribution in [0.15, 0.2) is 42.7 Å². The topological polar surface area (TPSA) is 54.7 Å². The van der Waals surface area contributed by atoms with Gasteiger partial charge in [-0.05, 0) is 60.4 Å². The number of pyridine rings is 1. The fraction of sp³-hybridized carbons (Fsp3) is 0.350. The number of nitrogens with two attached hydrogens (primary N) is 1. The molecule has 1 aliphatic carbocycles. The first-order chi connectivity index (χ1) is 11.2. The van der Waals surface area contributed by atoms with Crippen LogP contribution in [0.25, 0.3) is 22.2 Å². The highest BCUT2D eigenvalue weighted by Gasteiger charge is 2.40. The van der Waals surface area contributed by atoms with Crippen LogP contribution in [0.1, 0.15) is 30.9 Å². The van der Waals surface area contributed by atoms with Crippen molar-refractivity contribution in [3.8, 4) is 11.1 Å². The number of aryl methyl sites for hydroxylation is 1. The molecule has 0 saturated heterocycles. The van der Waals surface area contributed by atoms with Crippen LogP contribution in [0, 0.1) is 5.41 Å². The standard InChI is InChI=1S/C20H23N3/c1-2-15-11-22-19-18(15)9-17(12-23-19)16-5-3-4-14(8-16)10-20(13-21)6-7-20/h3-5,8-9,11-12H,2,6-7,10,13,21H2,1H3,(H,22,23). The van der Waals surface area contributed by atoms with E-state index in [1.54, 1.807) is 0 Å². The third-order valence-corrected chi connectivity index (χ3v) is 5.23. The third-order valence-electron chi connectivity index (χ3n) is 5.23. The maximum Gasteiger partial charge on any atom is 0.137 e. The zero-order chi connectivity index (χ0) is 15.9. The van der Waals surface area contributed by atoms with Crippen molar-refractivity contribution in [2.24, 2.45) is 11.1 Å². The van der Waals surface area contributed by atoms with Gasteiger partial charge in [-0.1, -0.05) is 31.2 Å². The van der Waals surface area contributed by atoms with Crippen LogP contribution in [0.3, 0.4) is 0 Å². The van der Waals surface area contributed by atoms with E-state index in [-0.39, 0.29) is 0 Å². The highest BCUT2D eigenvalue weighted by atomic mass is 14.8. The fourth-order valence-corrected chi connectivity index (χ4v) is 3.43. The number of nitrogens with zero attached hydrogens (tertiary/aromatic N) is 1. The summed E-state index contributed by atoms with van der Waals surface area (Å²) < 4.78 is 0. The summed E-state index contributed by atoms with van der Waals surface area (Å²) in [5.41, 5.74) is 12.4. The summed E-state index contributed by atoms with van der Waals surface area (Å²) in [6.45, 7) is 2.98. The van der Waals surface area contributed by atoms with E-state index in [9.17, 15) is 0 Å². The molecule has 0 aliphatic heterocycles. The van der Waals surface area contributed by atoms with Crippen LogP contribution in [0.2, 0.25) is 0 Å². The lowest BCUT2D eigenvalue weighted by Gasteiger charge is -2.13. The maximum absolute atomic E-state index is 5.93. The van der Waals surface area contributed by atoms with E-state index in [0.717, 1.165) is 25.0 Å². The molecule has 1 fully saturated rings. The van der Waals surface area contributed by atoms with Gasteiger partial charge in [-0.2, -0.15) is 0 Å². The zero-order valence-corrected chi connectivity index (χ0v) is 13.6. The molecule has 0 amide bonds. The van der Waals surface area contributed by atoms with Crippen molar-refractivity contribution >= 4 is 11.0 Å². The van der Waals surface area contributed by atoms with Gasteiger partial charge in [0.05, 0.1) is 0 Å². The van der Waals surface area contributed by atoms with Gasteiger partial charge in [0, 0.05) is 23.3 Å².